The van der Waals surface area contributed by atoms with Gasteiger partial charge in [0, 0.05) is 11.6 Å². The van der Waals surface area contributed by atoms with Crippen molar-refractivity contribution in [3.63, 3.8) is 0 Å². The molecular formula is C18H11N5. The van der Waals surface area contributed by atoms with Gasteiger partial charge in [0.15, 0.2) is 5.82 Å². The standard InChI is InChI=1S/C18H11N5/c19-9-13(17-11-20-15-7-3-4-8-16(15)22-17)18-21-10-12-5-1-2-6-14(12)23-18/h1-8,10-11,13H. The Hall–Kier alpha value is -3.39. The van der Waals surface area contributed by atoms with Gasteiger partial charge < -0.3 is 0 Å². The smallest absolute Gasteiger partial charge is 0.152 e. The van der Waals surface area contributed by atoms with E-state index < -0.39 is 5.92 Å². The van der Waals surface area contributed by atoms with E-state index in [0.717, 1.165) is 21.9 Å². The number of hydrogen-bond donors (Lipinski definition) is 0. The molecule has 108 valence electrons. The van der Waals surface area contributed by atoms with Gasteiger partial charge in [0.25, 0.3) is 0 Å². The molecule has 1 atom stereocenters. The lowest BCUT2D eigenvalue weighted by Crippen LogP contribution is -2.07. The zero-order valence-electron chi connectivity index (χ0n) is 12.1. The van der Waals surface area contributed by atoms with Crippen molar-refractivity contribution in [1.29, 1.82) is 5.26 Å². The maximum Gasteiger partial charge on any atom is 0.152 e. The molecular weight excluding hydrogens is 286 g/mol. The van der Waals surface area contributed by atoms with Gasteiger partial charge in [0.1, 0.15) is 5.92 Å². The van der Waals surface area contributed by atoms with Crippen molar-refractivity contribution in [3.8, 4) is 6.07 Å². The van der Waals surface area contributed by atoms with Crippen molar-refractivity contribution in [1.82, 2.24) is 19.9 Å². The van der Waals surface area contributed by atoms with Gasteiger partial charge >= 0.3 is 0 Å². The molecule has 0 spiro atoms. The third-order valence-electron chi connectivity index (χ3n) is 3.66. The highest BCUT2D eigenvalue weighted by atomic mass is 14.9. The Balaban J connectivity index is 1.83. The molecule has 2 aromatic heterocycles. The summed E-state index contributed by atoms with van der Waals surface area (Å²) in [6.07, 6.45) is 3.35. The van der Waals surface area contributed by atoms with Crippen molar-refractivity contribution in [2.45, 2.75) is 5.92 Å². The Morgan fingerprint density at radius 2 is 1.52 bits per heavy atom. The average molecular weight is 297 g/mol. The molecule has 1 unspecified atom stereocenters. The van der Waals surface area contributed by atoms with Gasteiger partial charge in [-0.25, -0.2) is 15.0 Å². The summed E-state index contributed by atoms with van der Waals surface area (Å²) >= 11 is 0. The minimum atomic E-state index is -0.642. The Labute approximate surface area is 132 Å². The lowest BCUT2D eigenvalue weighted by molar-refractivity contribution is 0.870. The van der Waals surface area contributed by atoms with Crippen molar-refractivity contribution in [2.24, 2.45) is 0 Å². The first-order chi connectivity index (χ1) is 11.3. The summed E-state index contributed by atoms with van der Waals surface area (Å²) in [6, 6.07) is 17.5. The van der Waals surface area contributed by atoms with E-state index in [4.69, 9.17) is 0 Å². The number of para-hydroxylation sites is 3. The first-order valence-corrected chi connectivity index (χ1v) is 7.18. The molecule has 0 bridgehead atoms. The number of fused-ring (bicyclic) bond motifs is 2. The third-order valence-corrected chi connectivity index (χ3v) is 3.66. The highest BCUT2D eigenvalue weighted by Crippen LogP contribution is 2.22. The van der Waals surface area contributed by atoms with E-state index in [9.17, 15) is 5.26 Å². The molecule has 0 aliphatic rings. The van der Waals surface area contributed by atoms with Crippen LogP contribution in [-0.2, 0) is 0 Å². The van der Waals surface area contributed by atoms with E-state index >= 15 is 0 Å². The van der Waals surface area contributed by atoms with Gasteiger partial charge in [-0.2, -0.15) is 5.26 Å². The van der Waals surface area contributed by atoms with Gasteiger partial charge in [-0.3, -0.25) is 4.98 Å². The molecule has 2 heterocycles. The number of rotatable bonds is 2. The minimum absolute atomic E-state index is 0.441. The summed E-state index contributed by atoms with van der Waals surface area (Å²) in [6.45, 7) is 0. The topological polar surface area (TPSA) is 75.3 Å². The van der Waals surface area contributed by atoms with Crippen LogP contribution in [0.1, 0.15) is 17.4 Å². The predicted molar refractivity (Wildman–Crippen MR) is 86.5 cm³/mol. The summed E-state index contributed by atoms with van der Waals surface area (Å²) < 4.78 is 0. The zero-order valence-corrected chi connectivity index (χ0v) is 12.1. The van der Waals surface area contributed by atoms with Crippen molar-refractivity contribution >= 4 is 21.9 Å². The van der Waals surface area contributed by atoms with Crippen LogP contribution in [0.25, 0.3) is 21.9 Å². The van der Waals surface area contributed by atoms with Crippen LogP contribution < -0.4 is 0 Å². The molecule has 0 aliphatic carbocycles. The second-order valence-corrected chi connectivity index (χ2v) is 5.13. The molecule has 4 aromatic rings. The maximum atomic E-state index is 9.58. The van der Waals surface area contributed by atoms with Crippen molar-refractivity contribution < 1.29 is 0 Å². The van der Waals surface area contributed by atoms with Gasteiger partial charge in [0.2, 0.25) is 0 Å². The quantitative estimate of drug-likeness (QED) is 0.568. The Kier molecular flexibility index (Phi) is 3.13. The van der Waals surface area contributed by atoms with E-state index in [0.29, 0.717) is 11.5 Å². The van der Waals surface area contributed by atoms with E-state index in [1.54, 1.807) is 12.4 Å². The van der Waals surface area contributed by atoms with Gasteiger partial charge in [-0.1, -0.05) is 30.3 Å². The van der Waals surface area contributed by atoms with Gasteiger partial charge in [-0.05, 0) is 18.2 Å². The summed E-state index contributed by atoms with van der Waals surface area (Å²) in [5, 5.41) is 10.5. The molecule has 23 heavy (non-hydrogen) atoms. The van der Waals surface area contributed by atoms with Crippen LogP contribution in [0.15, 0.2) is 60.9 Å². The Morgan fingerprint density at radius 1 is 0.783 bits per heavy atom. The number of aromatic nitrogens is 4. The summed E-state index contributed by atoms with van der Waals surface area (Å²) in [7, 11) is 0. The fourth-order valence-corrected chi connectivity index (χ4v) is 2.49. The van der Waals surface area contributed by atoms with Gasteiger partial charge in [0.05, 0.1) is 34.5 Å². The first kappa shape index (κ1) is 13.3. The highest BCUT2D eigenvalue weighted by molar-refractivity contribution is 5.77. The van der Waals surface area contributed by atoms with E-state index in [1.807, 2.05) is 48.5 Å². The first-order valence-electron chi connectivity index (χ1n) is 7.18. The molecule has 0 radical (unpaired) electrons. The molecule has 2 aromatic carbocycles. The molecule has 5 heteroatoms. The SMILES string of the molecule is N#CC(c1cnc2ccccc2n1)c1ncc2ccccc2n1. The Morgan fingerprint density at radius 3 is 2.35 bits per heavy atom. The average Bonchev–Trinajstić information content (AvgIpc) is 2.62. The second-order valence-electron chi connectivity index (χ2n) is 5.13. The predicted octanol–water partition coefficient (Wildman–Crippen LogP) is 3.23. The maximum absolute atomic E-state index is 9.58. The molecule has 0 amide bonds. The lowest BCUT2D eigenvalue weighted by Gasteiger charge is -2.08. The van der Waals surface area contributed by atoms with Crippen LogP contribution in [0, 0.1) is 11.3 Å². The number of nitrogens with zero attached hydrogens (tertiary/aromatic N) is 5. The molecule has 0 saturated carbocycles. The largest absolute Gasteiger partial charge is 0.253 e. The molecule has 0 aliphatic heterocycles. The monoisotopic (exact) mass is 297 g/mol. The lowest BCUT2D eigenvalue weighted by atomic mass is 10.1. The van der Waals surface area contributed by atoms with Crippen LogP contribution in [0.5, 0.6) is 0 Å². The normalized spacial score (nSPS) is 12.1. The van der Waals surface area contributed by atoms with E-state index in [2.05, 4.69) is 26.0 Å². The molecule has 0 fully saturated rings. The minimum Gasteiger partial charge on any atom is -0.253 e. The van der Waals surface area contributed by atoms with Gasteiger partial charge in [-0.15, -0.1) is 0 Å². The van der Waals surface area contributed by atoms with Crippen LogP contribution >= 0.6 is 0 Å². The number of hydrogen-bond acceptors (Lipinski definition) is 5. The number of benzene rings is 2. The van der Waals surface area contributed by atoms with Crippen LogP contribution in [-0.4, -0.2) is 19.9 Å². The molecule has 0 saturated heterocycles. The van der Waals surface area contributed by atoms with Crippen molar-refractivity contribution in [2.75, 3.05) is 0 Å². The van der Waals surface area contributed by atoms with E-state index in [1.165, 1.54) is 0 Å². The molecule has 0 N–H and O–H groups in total. The summed E-state index contributed by atoms with van der Waals surface area (Å²) in [4.78, 5) is 17.7. The second kappa shape index (κ2) is 5.43. The van der Waals surface area contributed by atoms with Crippen LogP contribution in [0.4, 0.5) is 0 Å². The fraction of sp³-hybridized carbons (Fsp3) is 0.0556. The third kappa shape index (κ3) is 2.36. The fourth-order valence-electron chi connectivity index (χ4n) is 2.49. The summed E-state index contributed by atoms with van der Waals surface area (Å²) in [5.41, 5.74) is 2.92. The number of nitriles is 1. The molecule has 5 nitrogen and oxygen atoms in total. The van der Waals surface area contributed by atoms with E-state index in [-0.39, 0.29) is 0 Å². The Bertz CT molecular complexity index is 972. The summed E-state index contributed by atoms with van der Waals surface area (Å²) in [5.74, 6) is -0.201. The highest BCUT2D eigenvalue weighted by Gasteiger charge is 2.19. The zero-order chi connectivity index (χ0) is 15.6. The van der Waals surface area contributed by atoms with Crippen LogP contribution in [0.3, 0.4) is 0 Å². The molecule has 4 rings (SSSR count). The van der Waals surface area contributed by atoms with Crippen molar-refractivity contribution in [3.05, 3.63) is 72.4 Å². The van der Waals surface area contributed by atoms with Crippen LogP contribution in [0.2, 0.25) is 0 Å².